The second-order valence-electron chi connectivity index (χ2n) is 6.63. The largest absolute Gasteiger partial charge is 0.376 e. The molecule has 134 valence electrons. The molecule has 0 N–H and O–H groups in total. The molecule has 0 bridgehead atoms. The number of likely N-dealkylation sites (tertiary alicyclic amines) is 1. The van der Waals surface area contributed by atoms with E-state index in [0.29, 0.717) is 12.1 Å². The van der Waals surface area contributed by atoms with Gasteiger partial charge in [0, 0.05) is 31.6 Å². The third-order valence-electron chi connectivity index (χ3n) is 4.44. The highest BCUT2D eigenvalue weighted by Gasteiger charge is 2.25. The molecule has 0 spiro atoms. The molecule has 0 radical (unpaired) electrons. The summed E-state index contributed by atoms with van der Waals surface area (Å²) in [4.78, 5) is 19.1. The number of aromatic nitrogens is 3. The Kier molecular flexibility index (Phi) is 5.48. The summed E-state index contributed by atoms with van der Waals surface area (Å²) in [6.07, 6.45) is 4.81. The van der Waals surface area contributed by atoms with Crippen molar-refractivity contribution in [2.75, 3.05) is 19.7 Å². The Balaban J connectivity index is 1.69. The number of nitrogens with zero attached hydrogens (tertiary/aromatic N) is 4. The summed E-state index contributed by atoms with van der Waals surface area (Å²) < 4.78 is 7.61. The van der Waals surface area contributed by atoms with Crippen LogP contribution in [0.2, 0.25) is 0 Å². The fraction of sp³-hybridized carbons (Fsp3) is 0.526. The van der Waals surface area contributed by atoms with Crippen molar-refractivity contribution in [1.29, 1.82) is 0 Å². The van der Waals surface area contributed by atoms with E-state index in [1.165, 1.54) is 0 Å². The molecule has 0 aromatic carbocycles. The number of hydrogen-bond acceptors (Lipinski definition) is 4. The number of aryl methyl sites for hydroxylation is 2. The first-order valence-electron chi connectivity index (χ1n) is 8.99. The Morgan fingerprint density at radius 1 is 1.36 bits per heavy atom. The van der Waals surface area contributed by atoms with Crippen LogP contribution >= 0.6 is 0 Å². The van der Waals surface area contributed by atoms with E-state index in [-0.39, 0.29) is 12.0 Å². The Hall–Kier alpha value is -2.21. The lowest BCUT2D eigenvalue weighted by Crippen LogP contribution is -2.43. The summed E-state index contributed by atoms with van der Waals surface area (Å²) in [6, 6.07) is 5.68. The number of piperidine rings is 1. The maximum atomic E-state index is 12.7. The SMILES string of the molecule is CCCO[C@H]1CCCN(C(=O)c2ccc(-n3nc(C)cc3C)nc2)C1. The zero-order valence-electron chi connectivity index (χ0n) is 15.2. The lowest BCUT2D eigenvalue weighted by atomic mass is 10.1. The maximum absolute atomic E-state index is 12.7. The molecule has 3 rings (SSSR count). The highest BCUT2D eigenvalue weighted by molar-refractivity contribution is 5.94. The molecule has 6 nitrogen and oxygen atoms in total. The van der Waals surface area contributed by atoms with Crippen LogP contribution < -0.4 is 0 Å². The van der Waals surface area contributed by atoms with E-state index in [1.807, 2.05) is 36.9 Å². The molecule has 0 aliphatic carbocycles. The molecule has 1 aliphatic heterocycles. The van der Waals surface area contributed by atoms with Crippen LogP contribution in [0.4, 0.5) is 0 Å². The van der Waals surface area contributed by atoms with Crippen LogP contribution in [0.3, 0.4) is 0 Å². The van der Waals surface area contributed by atoms with Gasteiger partial charge in [0.15, 0.2) is 5.82 Å². The molecule has 1 saturated heterocycles. The zero-order valence-corrected chi connectivity index (χ0v) is 15.2. The van der Waals surface area contributed by atoms with Crippen molar-refractivity contribution >= 4 is 5.91 Å². The van der Waals surface area contributed by atoms with Gasteiger partial charge in [-0.05, 0) is 51.3 Å². The number of ether oxygens (including phenoxy) is 1. The van der Waals surface area contributed by atoms with Crippen LogP contribution in [0.15, 0.2) is 24.4 Å². The summed E-state index contributed by atoms with van der Waals surface area (Å²) in [7, 11) is 0. The standard InChI is InChI=1S/C19H26N4O2/c1-4-10-25-17-6-5-9-22(13-17)19(24)16-7-8-18(20-12-16)23-15(3)11-14(2)21-23/h7-8,11-12,17H,4-6,9-10,13H2,1-3H3/t17-/m0/s1. The molecular weight excluding hydrogens is 316 g/mol. The molecule has 0 saturated carbocycles. The van der Waals surface area contributed by atoms with Crippen molar-refractivity contribution in [3.8, 4) is 5.82 Å². The summed E-state index contributed by atoms with van der Waals surface area (Å²) in [6.45, 7) is 8.25. The molecule has 6 heteroatoms. The zero-order chi connectivity index (χ0) is 17.8. The van der Waals surface area contributed by atoms with Gasteiger partial charge >= 0.3 is 0 Å². The molecular formula is C19H26N4O2. The van der Waals surface area contributed by atoms with Crippen LogP contribution in [0.1, 0.15) is 47.9 Å². The Labute approximate surface area is 148 Å². The van der Waals surface area contributed by atoms with E-state index < -0.39 is 0 Å². The molecule has 1 fully saturated rings. The fourth-order valence-corrected chi connectivity index (χ4v) is 3.22. The Morgan fingerprint density at radius 2 is 2.20 bits per heavy atom. The first-order valence-corrected chi connectivity index (χ1v) is 8.99. The maximum Gasteiger partial charge on any atom is 0.255 e. The summed E-state index contributed by atoms with van der Waals surface area (Å²) in [5.41, 5.74) is 2.59. The van der Waals surface area contributed by atoms with Gasteiger partial charge in [0.05, 0.1) is 17.4 Å². The van der Waals surface area contributed by atoms with Gasteiger partial charge in [-0.3, -0.25) is 4.79 Å². The Bertz CT molecular complexity index is 724. The third-order valence-corrected chi connectivity index (χ3v) is 4.44. The third kappa shape index (κ3) is 4.07. The van der Waals surface area contributed by atoms with Crippen molar-refractivity contribution in [3.05, 3.63) is 41.3 Å². The van der Waals surface area contributed by atoms with Gasteiger partial charge in [-0.2, -0.15) is 5.10 Å². The van der Waals surface area contributed by atoms with Crippen LogP contribution in [-0.4, -0.2) is 51.4 Å². The predicted octanol–water partition coefficient (Wildman–Crippen LogP) is 2.92. The van der Waals surface area contributed by atoms with Gasteiger partial charge in [0.1, 0.15) is 0 Å². The number of amides is 1. The van der Waals surface area contributed by atoms with E-state index >= 15 is 0 Å². The van der Waals surface area contributed by atoms with E-state index in [2.05, 4.69) is 17.0 Å². The molecule has 1 amide bonds. The Morgan fingerprint density at radius 3 is 2.84 bits per heavy atom. The van der Waals surface area contributed by atoms with E-state index in [0.717, 1.165) is 49.6 Å². The number of carbonyl (C=O) groups is 1. The van der Waals surface area contributed by atoms with Crippen molar-refractivity contribution in [2.45, 2.75) is 46.1 Å². The van der Waals surface area contributed by atoms with Crippen LogP contribution in [-0.2, 0) is 4.74 Å². The highest BCUT2D eigenvalue weighted by Crippen LogP contribution is 2.17. The van der Waals surface area contributed by atoms with E-state index in [4.69, 9.17) is 4.74 Å². The van der Waals surface area contributed by atoms with Crippen LogP contribution in [0, 0.1) is 13.8 Å². The molecule has 1 atom stereocenters. The van der Waals surface area contributed by atoms with E-state index in [9.17, 15) is 4.79 Å². The van der Waals surface area contributed by atoms with Gasteiger partial charge in [0.25, 0.3) is 5.91 Å². The summed E-state index contributed by atoms with van der Waals surface area (Å²) in [5, 5.41) is 4.43. The van der Waals surface area contributed by atoms with Gasteiger partial charge in [-0.15, -0.1) is 0 Å². The number of carbonyl (C=O) groups excluding carboxylic acids is 1. The minimum Gasteiger partial charge on any atom is -0.376 e. The summed E-state index contributed by atoms with van der Waals surface area (Å²) >= 11 is 0. The normalized spacial score (nSPS) is 17.7. The van der Waals surface area contributed by atoms with Crippen molar-refractivity contribution < 1.29 is 9.53 Å². The second-order valence-corrected chi connectivity index (χ2v) is 6.63. The van der Waals surface area contributed by atoms with Gasteiger partial charge < -0.3 is 9.64 Å². The number of pyridine rings is 1. The summed E-state index contributed by atoms with van der Waals surface area (Å²) in [5.74, 6) is 0.752. The minimum absolute atomic E-state index is 0.0252. The van der Waals surface area contributed by atoms with Crippen LogP contribution in [0.25, 0.3) is 5.82 Å². The second kappa shape index (κ2) is 7.78. The quantitative estimate of drug-likeness (QED) is 0.838. The number of hydrogen-bond donors (Lipinski definition) is 0. The van der Waals surface area contributed by atoms with Gasteiger partial charge in [-0.25, -0.2) is 9.67 Å². The average Bonchev–Trinajstić information content (AvgIpc) is 2.98. The monoisotopic (exact) mass is 342 g/mol. The van der Waals surface area contributed by atoms with E-state index in [1.54, 1.807) is 10.9 Å². The topological polar surface area (TPSA) is 60.2 Å². The van der Waals surface area contributed by atoms with Gasteiger partial charge in [0.2, 0.25) is 0 Å². The molecule has 0 unspecified atom stereocenters. The first-order chi connectivity index (χ1) is 12.1. The molecule has 2 aromatic heterocycles. The van der Waals surface area contributed by atoms with Crippen molar-refractivity contribution in [3.63, 3.8) is 0 Å². The predicted molar refractivity (Wildman–Crippen MR) is 96.0 cm³/mol. The number of rotatable bonds is 5. The lowest BCUT2D eigenvalue weighted by molar-refractivity contribution is 0.00210. The minimum atomic E-state index is 0.0252. The van der Waals surface area contributed by atoms with Crippen LogP contribution in [0.5, 0.6) is 0 Å². The molecule has 2 aromatic rings. The highest BCUT2D eigenvalue weighted by atomic mass is 16.5. The molecule has 25 heavy (non-hydrogen) atoms. The first kappa shape index (κ1) is 17.6. The molecule has 1 aliphatic rings. The lowest BCUT2D eigenvalue weighted by Gasteiger charge is -2.32. The smallest absolute Gasteiger partial charge is 0.255 e. The fourth-order valence-electron chi connectivity index (χ4n) is 3.22. The molecule has 3 heterocycles. The van der Waals surface area contributed by atoms with Crippen molar-refractivity contribution in [2.24, 2.45) is 0 Å². The van der Waals surface area contributed by atoms with Gasteiger partial charge in [-0.1, -0.05) is 6.92 Å². The van der Waals surface area contributed by atoms with Crippen molar-refractivity contribution in [1.82, 2.24) is 19.7 Å². The average molecular weight is 342 g/mol.